The average Bonchev–Trinajstić information content (AvgIpc) is 2.77. The number of nitrogens with one attached hydrogen (secondary N) is 1. The van der Waals surface area contributed by atoms with E-state index < -0.39 is 0 Å². The molecule has 2 rings (SSSR count). The zero-order valence-electron chi connectivity index (χ0n) is 8.61. The van der Waals surface area contributed by atoms with Crippen LogP contribution in [0.15, 0.2) is 36.4 Å². The summed E-state index contributed by atoms with van der Waals surface area (Å²) in [7, 11) is 0. The van der Waals surface area contributed by atoms with Gasteiger partial charge in [-0.1, -0.05) is 23.7 Å². The maximum absolute atomic E-state index is 11.8. The van der Waals surface area contributed by atoms with Crippen LogP contribution < -0.4 is 5.32 Å². The number of carbonyl (C=O) groups is 1. The van der Waals surface area contributed by atoms with E-state index in [1.165, 1.54) is 11.3 Å². The molecule has 0 saturated carbocycles. The van der Waals surface area contributed by atoms with Gasteiger partial charge in [-0.05, 0) is 24.3 Å². The second-order valence-corrected chi connectivity index (χ2v) is 4.93. The van der Waals surface area contributed by atoms with E-state index in [1.54, 1.807) is 36.4 Å². The maximum atomic E-state index is 11.8. The van der Waals surface area contributed by atoms with Gasteiger partial charge in [0.25, 0.3) is 5.91 Å². The Labute approximate surface area is 107 Å². The summed E-state index contributed by atoms with van der Waals surface area (Å²) in [6, 6.07) is 12.2. The quantitative estimate of drug-likeness (QED) is 0.900. The first kappa shape index (κ1) is 11.6. The summed E-state index contributed by atoms with van der Waals surface area (Å²) >= 11 is 6.95. The normalized spacial score (nSPS) is 9.65. The molecule has 1 amide bonds. The second kappa shape index (κ2) is 5.00. The molecule has 0 aliphatic heterocycles. The first-order valence-electron chi connectivity index (χ1n) is 4.76. The Kier molecular flexibility index (Phi) is 3.43. The van der Waals surface area contributed by atoms with Gasteiger partial charge in [-0.15, -0.1) is 11.3 Å². The molecule has 0 radical (unpaired) electrons. The third-order valence-corrected chi connectivity index (χ3v) is 3.32. The second-order valence-electron chi connectivity index (χ2n) is 3.22. The summed E-state index contributed by atoms with van der Waals surface area (Å²) in [4.78, 5) is 12.3. The molecule has 1 aromatic carbocycles. The molecule has 0 spiro atoms. The van der Waals surface area contributed by atoms with Crippen LogP contribution in [0.2, 0.25) is 4.34 Å². The average molecular weight is 263 g/mol. The highest BCUT2D eigenvalue weighted by Gasteiger charge is 2.10. The Morgan fingerprint density at radius 3 is 2.71 bits per heavy atom. The van der Waals surface area contributed by atoms with Crippen molar-refractivity contribution in [3.05, 3.63) is 51.2 Å². The van der Waals surface area contributed by atoms with E-state index in [9.17, 15) is 4.79 Å². The van der Waals surface area contributed by atoms with Crippen molar-refractivity contribution in [2.75, 3.05) is 5.32 Å². The van der Waals surface area contributed by atoms with E-state index in [-0.39, 0.29) is 5.91 Å². The molecular formula is C12H7ClN2OS. The van der Waals surface area contributed by atoms with Gasteiger partial charge in [0, 0.05) is 0 Å². The fraction of sp³-hybridized carbons (Fsp3) is 0. The number of hydrogen-bond donors (Lipinski definition) is 1. The smallest absolute Gasteiger partial charge is 0.265 e. The summed E-state index contributed by atoms with van der Waals surface area (Å²) in [6.07, 6.45) is 0. The van der Waals surface area contributed by atoms with Crippen molar-refractivity contribution < 1.29 is 4.79 Å². The molecule has 0 aliphatic rings. The molecular weight excluding hydrogens is 256 g/mol. The van der Waals surface area contributed by atoms with E-state index >= 15 is 0 Å². The van der Waals surface area contributed by atoms with E-state index in [2.05, 4.69) is 5.32 Å². The lowest BCUT2D eigenvalue weighted by Crippen LogP contribution is -2.11. The summed E-state index contributed by atoms with van der Waals surface area (Å²) in [5.74, 6) is -0.260. The number of thiophene rings is 1. The van der Waals surface area contributed by atoms with Gasteiger partial charge in [-0.3, -0.25) is 4.79 Å². The zero-order chi connectivity index (χ0) is 12.3. The van der Waals surface area contributed by atoms with Gasteiger partial charge < -0.3 is 5.32 Å². The van der Waals surface area contributed by atoms with Gasteiger partial charge in [-0.2, -0.15) is 5.26 Å². The first-order chi connectivity index (χ1) is 8.20. The van der Waals surface area contributed by atoms with E-state index in [0.717, 1.165) is 0 Å². The molecule has 1 heterocycles. The van der Waals surface area contributed by atoms with Crippen molar-refractivity contribution in [2.24, 2.45) is 0 Å². The Hall–Kier alpha value is -1.83. The Morgan fingerprint density at radius 2 is 2.06 bits per heavy atom. The monoisotopic (exact) mass is 262 g/mol. The lowest BCUT2D eigenvalue weighted by atomic mass is 10.2. The molecule has 0 atom stereocenters. The van der Waals surface area contributed by atoms with Crippen LogP contribution in [0.25, 0.3) is 0 Å². The summed E-state index contributed by atoms with van der Waals surface area (Å²) in [5, 5.41) is 11.6. The minimum atomic E-state index is -0.260. The number of carbonyl (C=O) groups excluding carboxylic acids is 1. The standard InChI is InChI=1S/C12H7ClN2OS/c13-11-6-5-10(17-11)12(16)15-9-4-2-1-3-8(9)7-14/h1-6H,(H,15,16). The number of rotatable bonds is 2. The lowest BCUT2D eigenvalue weighted by molar-refractivity contribution is 0.103. The zero-order valence-corrected chi connectivity index (χ0v) is 10.2. The van der Waals surface area contributed by atoms with Gasteiger partial charge in [0.2, 0.25) is 0 Å². The first-order valence-corrected chi connectivity index (χ1v) is 5.96. The Morgan fingerprint density at radius 1 is 1.29 bits per heavy atom. The van der Waals surface area contributed by atoms with Crippen LogP contribution in [0, 0.1) is 11.3 Å². The van der Waals surface area contributed by atoms with Gasteiger partial charge in [0.1, 0.15) is 6.07 Å². The van der Waals surface area contributed by atoms with Crippen LogP contribution in [0.4, 0.5) is 5.69 Å². The van der Waals surface area contributed by atoms with Gasteiger partial charge >= 0.3 is 0 Å². The predicted octanol–water partition coefficient (Wildman–Crippen LogP) is 3.53. The molecule has 84 valence electrons. The highest BCUT2D eigenvalue weighted by atomic mass is 35.5. The maximum Gasteiger partial charge on any atom is 0.265 e. The Balaban J connectivity index is 2.22. The number of nitriles is 1. The number of halogens is 1. The topological polar surface area (TPSA) is 52.9 Å². The molecule has 0 unspecified atom stereocenters. The number of hydrogen-bond acceptors (Lipinski definition) is 3. The molecule has 1 N–H and O–H groups in total. The molecule has 0 saturated heterocycles. The molecule has 3 nitrogen and oxygen atoms in total. The lowest BCUT2D eigenvalue weighted by Gasteiger charge is -2.04. The molecule has 5 heteroatoms. The van der Waals surface area contributed by atoms with Crippen molar-refractivity contribution in [2.45, 2.75) is 0 Å². The van der Waals surface area contributed by atoms with E-state index in [4.69, 9.17) is 16.9 Å². The number of anilines is 1. The van der Waals surface area contributed by atoms with Gasteiger partial charge in [0.05, 0.1) is 20.5 Å². The van der Waals surface area contributed by atoms with Gasteiger partial charge in [-0.25, -0.2) is 0 Å². The molecule has 1 aromatic heterocycles. The van der Waals surface area contributed by atoms with Crippen molar-refractivity contribution in [3.63, 3.8) is 0 Å². The molecule has 0 aliphatic carbocycles. The van der Waals surface area contributed by atoms with Crippen LogP contribution in [-0.2, 0) is 0 Å². The van der Waals surface area contributed by atoms with Crippen LogP contribution in [0.5, 0.6) is 0 Å². The largest absolute Gasteiger partial charge is 0.320 e. The minimum Gasteiger partial charge on any atom is -0.320 e. The minimum absolute atomic E-state index is 0.260. The molecule has 2 aromatic rings. The van der Waals surface area contributed by atoms with Crippen molar-refractivity contribution in [3.8, 4) is 6.07 Å². The van der Waals surface area contributed by atoms with Crippen LogP contribution in [0.3, 0.4) is 0 Å². The molecule has 0 fully saturated rings. The molecule has 0 bridgehead atoms. The van der Waals surface area contributed by atoms with Gasteiger partial charge in [0.15, 0.2) is 0 Å². The van der Waals surface area contributed by atoms with E-state index in [0.29, 0.717) is 20.5 Å². The number of benzene rings is 1. The summed E-state index contributed by atoms with van der Waals surface area (Å²) in [5.41, 5.74) is 0.938. The highest BCUT2D eigenvalue weighted by molar-refractivity contribution is 7.18. The summed E-state index contributed by atoms with van der Waals surface area (Å²) in [6.45, 7) is 0. The van der Waals surface area contributed by atoms with Crippen molar-refractivity contribution >= 4 is 34.5 Å². The molecule has 17 heavy (non-hydrogen) atoms. The van der Waals surface area contributed by atoms with Crippen molar-refractivity contribution in [1.82, 2.24) is 0 Å². The summed E-state index contributed by atoms with van der Waals surface area (Å²) < 4.78 is 0.559. The van der Waals surface area contributed by atoms with E-state index in [1.807, 2.05) is 6.07 Å². The Bertz CT molecular complexity index is 601. The number of amides is 1. The number of para-hydroxylation sites is 1. The third kappa shape index (κ3) is 2.64. The fourth-order valence-corrected chi connectivity index (χ4v) is 2.25. The number of nitrogens with zero attached hydrogens (tertiary/aromatic N) is 1. The van der Waals surface area contributed by atoms with Crippen molar-refractivity contribution in [1.29, 1.82) is 5.26 Å². The van der Waals surface area contributed by atoms with Crippen LogP contribution in [0.1, 0.15) is 15.2 Å². The fourth-order valence-electron chi connectivity index (χ4n) is 1.31. The van der Waals surface area contributed by atoms with Crippen LogP contribution in [-0.4, -0.2) is 5.91 Å². The predicted molar refractivity (Wildman–Crippen MR) is 68.4 cm³/mol. The SMILES string of the molecule is N#Cc1ccccc1NC(=O)c1ccc(Cl)s1. The van der Waals surface area contributed by atoms with Crippen LogP contribution >= 0.6 is 22.9 Å². The third-order valence-electron chi connectivity index (χ3n) is 2.09. The highest BCUT2D eigenvalue weighted by Crippen LogP contribution is 2.23.